The molecule has 20 heavy (non-hydrogen) atoms. The van der Waals surface area contributed by atoms with Gasteiger partial charge in [0, 0.05) is 11.1 Å². The molecule has 0 N–H and O–H groups in total. The van der Waals surface area contributed by atoms with Crippen molar-refractivity contribution in [2.45, 2.75) is 0 Å². The second kappa shape index (κ2) is 4.56. The Labute approximate surface area is 111 Å². The first-order valence-electron chi connectivity index (χ1n) is 5.65. The summed E-state index contributed by atoms with van der Waals surface area (Å²) in [6.07, 6.45) is 0. The van der Waals surface area contributed by atoms with Gasteiger partial charge in [-0.3, -0.25) is 4.79 Å². The highest BCUT2D eigenvalue weighted by Gasteiger charge is 2.19. The van der Waals surface area contributed by atoms with E-state index in [1.54, 1.807) is 0 Å². The Kier molecular flexibility index (Phi) is 2.85. The van der Waals surface area contributed by atoms with Gasteiger partial charge < -0.3 is 9.47 Å². The van der Waals surface area contributed by atoms with Crippen LogP contribution < -0.4 is 9.47 Å². The van der Waals surface area contributed by atoms with E-state index in [9.17, 15) is 18.0 Å². The number of ether oxygens (including phenoxy) is 2. The molecule has 1 heterocycles. The number of carbonyl (C=O) groups is 1. The summed E-state index contributed by atoms with van der Waals surface area (Å²) in [6.45, 7) is 0.0484. The Balaban J connectivity index is 2.00. The molecular weight excluding hydrogens is 273 g/mol. The zero-order valence-corrected chi connectivity index (χ0v) is 9.95. The number of carbonyl (C=O) groups excluding carboxylic acids is 1. The van der Waals surface area contributed by atoms with Crippen molar-refractivity contribution in [1.29, 1.82) is 0 Å². The van der Waals surface area contributed by atoms with E-state index in [0.717, 1.165) is 0 Å². The summed E-state index contributed by atoms with van der Waals surface area (Å²) >= 11 is 0. The highest BCUT2D eigenvalue weighted by atomic mass is 19.2. The third-order valence-electron chi connectivity index (χ3n) is 2.88. The van der Waals surface area contributed by atoms with Gasteiger partial charge in [0.15, 0.2) is 34.7 Å². The molecule has 2 aromatic carbocycles. The van der Waals surface area contributed by atoms with Gasteiger partial charge in [-0.15, -0.1) is 0 Å². The Bertz CT molecular complexity index is 690. The summed E-state index contributed by atoms with van der Waals surface area (Å²) in [7, 11) is 0. The summed E-state index contributed by atoms with van der Waals surface area (Å²) in [5.41, 5.74) is -0.111. The molecule has 0 spiro atoms. The van der Waals surface area contributed by atoms with Crippen LogP contribution in [0, 0.1) is 17.5 Å². The summed E-state index contributed by atoms with van der Waals surface area (Å²) in [6, 6.07) is 5.68. The van der Waals surface area contributed by atoms with Crippen molar-refractivity contribution >= 4 is 5.78 Å². The van der Waals surface area contributed by atoms with E-state index in [2.05, 4.69) is 0 Å². The number of hydrogen-bond donors (Lipinski definition) is 0. The molecule has 0 atom stereocenters. The van der Waals surface area contributed by atoms with Crippen molar-refractivity contribution in [3.63, 3.8) is 0 Å². The van der Waals surface area contributed by atoms with Crippen LogP contribution in [0.25, 0.3) is 0 Å². The zero-order valence-electron chi connectivity index (χ0n) is 9.95. The molecule has 0 unspecified atom stereocenters. The molecular formula is C14H7F3O3. The van der Waals surface area contributed by atoms with Crippen LogP contribution in [0.1, 0.15) is 15.9 Å². The fourth-order valence-electron chi connectivity index (χ4n) is 1.89. The molecule has 3 rings (SSSR count). The maximum absolute atomic E-state index is 13.1. The fourth-order valence-corrected chi connectivity index (χ4v) is 1.89. The number of benzene rings is 2. The van der Waals surface area contributed by atoms with Crippen LogP contribution >= 0.6 is 0 Å². The second-order valence-corrected chi connectivity index (χ2v) is 4.15. The van der Waals surface area contributed by atoms with Crippen LogP contribution in [0.15, 0.2) is 30.3 Å². The van der Waals surface area contributed by atoms with Crippen molar-refractivity contribution in [2.24, 2.45) is 0 Å². The van der Waals surface area contributed by atoms with E-state index in [0.29, 0.717) is 23.6 Å². The van der Waals surface area contributed by atoms with Crippen molar-refractivity contribution in [1.82, 2.24) is 0 Å². The average Bonchev–Trinajstić information content (AvgIpc) is 2.90. The lowest BCUT2D eigenvalue weighted by Crippen LogP contribution is -2.04. The van der Waals surface area contributed by atoms with Gasteiger partial charge in [0.1, 0.15) is 0 Å². The first-order chi connectivity index (χ1) is 9.56. The van der Waals surface area contributed by atoms with Gasteiger partial charge in [-0.2, -0.15) is 0 Å². The molecule has 0 radical (unpaired) electrons. The minimum atomic E-state index is -1.60. The van der Waals surface area contributed by atoms with Crippen LogP contribution in [0.2, 0.25) is 0 Å². The van der Waals surface area contributed by atoms with Crippen molar-refractivity contribution in [3.8, 4) is 11.5 Å². The van der Waals surface area contributed by atoms with Crippen LogP contribution in [-0.2, 0) is 0 Å². The lowest BCUT2D eigenvalue weighted by atomic mass is 10.0. The maximum Gasteiger partial charge on any atom is 0.231 e. The molecule has 102 valence electrons. The van der Waals surface area contributed by atoms with Gasteiger partial charge in [0.25, 0.3) is 0 Å². The molecule has 3 nitrogen and oxygen atoms in total. The van der Waals surface area contributed by atoms with Crippen LogP contribution in [-0.4, -0.2) is 12.6 Å². The Morgan fingerprint density at radius 1 is 0.900 bits per heavy atom. The molecule has 1 aliphatic heterocycles. The SMILES string of the molecule is O=C(c1cc(F)c(F)c(F)c1)c1ccc2c(c1)OCO2. The molecule has 1 aliphatic rings. The predicted octanol–water partition coefficient (Wildman–Crippen LogP) is 3.06. The lowest BCUT2D eigenvalue weighted by molar-refractivity contribution is 0.103. The summed E-state index contributed by atoms with van der Waals surface area (Å²) < 4.78 is 49.3. The minimum Gasteiger partial charge on any atom is -0.454 e. The molecule has 0 bridgehead atoms. The van der Waals surface area contributed by atoms with Gasteiger partial charge in [-0.05, 0) is 30.3 Å². The van der Waals surface area contributed by atoms with Crippen molar-refractivity contribution in [2.75, 3.05) is 6.79 Å². The number of fused-ring (bicyclic) bond motifs is 1. The molecule has 0 fully saturated rings. The van der Waals surface area contributed by atoms with Crippen molar-refractivity contribution in [3.05, 3.63) is 58.9 Å². The summed E-state index contributed by atoms with van der Waals surface area (Å²) in [5, 5.41) is 0. The van der Waals surface area contributed by atoms with E-state index in [1.165, 1.54) is 18.2 Å². The average molecular weight is 280 g/mol. The fraction of sp³-hybridized carbons (Fsp3) is 0.0714. The van der Waals surface area contributed by atoms with Gasteiger partial charge in [-0.1, -0.05) is 0 Å². The van der Waals surface area contributed by atoms with Gasteiger partial charge in [0.05, 0.1) is 0 Å². The van der Waals surface area contributed by atoms with E-state index < -0.39 is 23.2 Å². The number of rotatable bonds is 2. The number of halogens is 3. The summed E-state index contributed by atoms with van der Waals surface area (Å²) in [4.78, 5) is 12.1. The van der Waals surface area contributed by atoms with E-state index in [1.807, 2.05) is 0 Å². The predicted molar refractivity (Wildman–Crippen MR) is 62.3 cm³/mol. The smallest absolute Gasteiger partial charge is 0.231 e. The van der Waals surface area contributed by atoms with E-state index >= 15 is 0 Å². The molecule has 0 saturated heterocycles. The molecule has 0 aromatic heterocycles. The third kappa shape index (κ3) is 1.99. The third-order valence-corrected chi connectivity index (χ3v) is 2.88. The molecule has 0 saturated carbocycles. The van der Waals surface area contributed by atoms with Crippen molar-refractivity contribution < 1.29 is 27.4 Å². The first-order valence-corrected chi connectivity index (χ1v) is 5.65. The van der Waals surface area contributed by atoms with Crippen LogP contribution in [0.5, 0.6) is 11.5 Å². The first kappa shape index (κ1) is 12.5. The molecule has 6 heteroatoms. The van der Waals surface area contributed by atoms with Gasteiger partial charge in [-0.25, -0.2) is 13.2 Å². The maximum atomic E-state index is 13.1. The Morgan fingerprint density at radius 3 is 2.25 bits per heavy atom. The summed E-state index contributed by atoms with van der Waals surface area (Å²) in [5.74, 6) is -4.20. The topological polar surface area (TPSA) is 35.5 Å². The zero-order chi connectivity index (χ0) is 14.3. The highest BCUT2D eigenvalue weighted by molar-refractivity contribution is 6.09. The Morgan fingerprint density at radius 2 is 1.55 bits per heavy atom. The van der Waals surface area contributed by atoms with E-state index in [-0.39, 0.29) is 17.9 Å². The van der Waals surface area contributed by atoms with E-state index in [4.69, 9.17) is 9.47 Å². The standard InChI is InChI=1S/C14H7F3O3/c15-9-3-8(4-10(16)13(9)17)14(18)7-1-2-11-12(5-7)20-6-19-11/h1-5H,6H2. The molecule has 0 aliphatic carbocycles. The monoisotopic (exact) mass is 280 g/mol. The van der Waals surface area contributed by atoms with Crippen LogP contribution in [0.3, 0.4) is 0 Å². The minimum absolute atomic E-state index is 0.0484. The molecule has 0 amide bonds. The quantitative estimate of drug-likeness (QED) is 0.626. The number of hydrogen-bond acceptors (Lipinski definition) is 3. The molecule has 2 aromatic rings. The Hall–Kier alpha value is -2.50. The van der Waals surface area contributed by atoms with Gasteiger partial charge >= 0.3 is 0 Å². The normalized spacial score (nSPS) is 12.6. The lowest BCUT2D eigenvalue weighted by Gasteiger charge is -2.04. The number of ketones is 1. The highest BCUT2D eigenvalue weighted by Crippen LogP contribution is 2.33. The second-order valence-electron chi connectivity index (χ2n) is 4.15. The van der Waals surface area contributed by atoms with Crippen LogP contribution in [0.4, 0.5) is 13.2 Å². The largest absolute Gasteiger partial charge is 0.454 e. The van der Waals surface area contributed by atoms with Gasteiger partial charge in [0.2, 0.25) is 6.79 Å².